The van der Waals surface area contributed by atoms with Gasteiger partial charge in [0.15, 0.2) is 0 Å². The molecule has 3 aliphatic heterocycles. The largest absolute Gasteiger partial charge is 0.311 e. The van der Waals surface area contributed by atoms with Gasteiger partial charge in [-0.25, -0.2) is 0 Å². The van der Waals surface area contributed by atoms with Gasteiger partial charge in [0, 0.05) is 50.6 Å². The Balaban J connectivity index is 1.06. The second-order valence-corrected chi connectivity index (χ2v) is 29.9. The van der Waals surface area contributed by atoms with E-state index in [1.54, 1.807) is 0 Å². The van der Waals surface area contributed by atoms with Crippen molar-refractivity contribution in [3.8, 4) is 34.0 Å². The molecule has 0 atom stereocenters. The summed E-state index contributed by atoms with van der Waals surface area (Å²) in [5, 5.41) is 14.0. The van der Waals surface area contributed by atoms with Crippen LogP contribution in [0.25, 0.3) is 49.7 Å². The van der Waals surface area contributed by atoms with Gasteiger partial charge in [0.1, 0.15) is 0 Å². The molecule has 87 heavy (non-hydrogen) atoms. The van der Waals surface area contributed by atoms with Gasteiger partial charge in [-0.05, 0) is 185 Å². The smallest absolute Gasteiger partial charge is 0.252 e. The van der Waals surface area contributed by atoms with Crippen molar-refractivity contribution in [3.63, 3.8) is 0 Å². The Bertz CT molecular complexity index is 4560. The van der Waals surface area contributed by atoms with Crippen LogP contribution in [-0.2, 0) is 27.1 Å². The van der Waals surface area contributed by atoms with E-state index in [1.807, 2.05) is 0 Å². The van der Waals surface area contributed by atoms with Crippen molar-refractivity contribution in [1.29, 1.82) is 5.26 Å². The fourth-order valence-corrected chi connectivity index (χ4v) is 13.8. The van der Waals surface area contributed by atoms with Crippen molar-refractivity contribution >= 4 is 96.1 Å². The van der Waals surface area contributed by atoms with E-state index in [-0.39, 0.29) is 33.8 Å². The van der Waals surface area contributed by atoms with Gasteiger partial charge < -0.3 is 19.3 Å². The van der Waals surface area contributed by atoms with Crippen LogP contribution in [0.15, 0.2) is 200 Å². The van der Waals surface area contributed by atoms with E-state index in [0.717, 1.165) is 56.6 Å². The molecule has 4 heterocycles. The molecule has 10 aromatic carbocycles. The van der Waals surface area contributed by atoms with E-state index in [9.17, 15) is 5.26 Å². The molecule has 0 radical (unpaired) electrons. The highest BCUT2D eigenvalue weighted by Gasteiger charge is 2.48. The second kappa shape index (κ2) is 19.5. The van der Waals surface area contributed by atoms with Crippen LogP contribution in [0, 0.1) is 11.3 Å². The lowest BCUT2D eigenvalue weighted by Gasteiger charge is -2.47. The van der Waals surface area contributed by atoms with Crippen LogP contribution in [0.2, 0.25) is 0 Å². The highest BCUT2D eigenvalue weighted by molar-refractivity contribution is 7.00. The van der Waals surface area contributed by atoms with Gasteiger partial charge in [-0.3, -0.25) is 0 Å². The van der Waals surface area contributed by atoms with E-state index in [4.69, 9.17) is 0 Å². The lowest BCUT2D eigenvalue weighted by molar-refractivity contribution is 0.590. The van der Waals surface area contributed by atoms with Crippen LogP contribution < -0.4 is 31.1 Å². The SMILES string of the molecule is CC(C)(C)c1ccc(N(c2ccc(C(C)(C)C)cc2)c2ccc3c(c2)N(c2ccc(-c4ccc(-c5ccccc5)cc4)cc2)c2cc(C#N)cc4c2B3c2cc(C(C)(C)C)cc3c2N4c2cc(C(C)(C)C)cc4c5cc(C(C)(C)C)ccc5n-3c24)cc1. The summed E-state index contributed by atoms with van der Waals surface area (Å²) < 4.78 is 2.59. The number of hydrogen-bond donors (Lipinski definition) is 0. The number of aromatic nitrogens is 1. The molecule has 430 valence electrons. The van der Waals surface area contributed by atoms with Crippen LogP contribution in [0.3, 0.4) is 0 Å². The van der Waals surface area contributed by atoms with E-state index < -0.39 is 0 Å². The quantitative estimate of drug-likeness (QED) is 0.156. The van der Waals surface area contributed by atoms with E-state index in [1.165, 1.54) is 88.5 Å². The molecule has 5 nitrogen and oxygen atoms in total. The molecule has 0 amide bonds. The second-order valence-electron chi connectivity index (χ2n) is 29.9. The lowest BCUT2D eigenvalue weighted by atomic mass is 9.33. The fourth-order valence-electron chi connectivity index (χ4n) is 13.8. The number of nitrogens with zero attached hydrogens (tertiary/aromatic N) is 5. The summed E-state index contributed by atoms with van der Waals surface area (Å²) in [7, 11) is 0. The Morgan fingerprint density at radius 3 is 1.38 bits per heavy atom. The molecule has 0 N–H and O–H groups in total. The summed E-state index contributed by atoms with van der Waals surface area (Å²) >= 11 is 0. The van der Waals surface area contributed by atoms with Gasteiger partial charge in [-0.15, -0.1) is 0 Å². The maximum Gasteiger partial charge on any atom is 0.252 e. The van der Waals surface area contributed by atoms with Crippen molar-refractivity contribution in [2.75, 3.05) is 14.7 Å². The molecular formula is C81H78BN5. The Hall–Kier alpha value is -9.05. The van der Waals surface area contributed by atoms with Crippen molar-refractivity contribution in [2.45, 2.75) is 131 Å². The fraction of sp³-hybridized carbons (Fsp3) is 0.247. The molecule has 0 fully saturated rings. The van der Waals surface area contributed by atoms with Crippen molar-refractivity contribution in [3.05, 3.63) is 234 Å². The Morgan fingerprint density at radius 2 is 0.839 bits per heavy atom. The summed E-state index contributed by atoms with van der Waals surface area (Å²) in [6.07, 6.45) is 0. The normalized spacial score (nSPS) is 13.6. The average Bonchev–Trinajstić information content (AvgIpc) is 1.67. The Morgan fingerprint density at radius 1 is 0.368 bits per heavy atom. The highest BCUT2D eigenvalue weighted by Crippen LogP contribution is 2.55. The van der Waals surface area contributed by atoms with Crippen molar-refractivity contribution in [2.24, 2.45) is 0 Å². The maximum absolute atomic E-state index is 11.5. The first-order chi connectivity index (χ1) is 41.2. The topological polar surface area (TPSA) is 38.4 Å². The number of nitriles is 1. The Kier molecular flexibility index (Phi) is 12.5. The molecule has 14 rings (SSSR count). The summed E-state index contributed by atoms with van der Waals surface area (Å²) in [5.41, 5.74) is 28.2. The number of anilines is 9. The minimum Gasteiger partial charge on any atom is -0.311 e. The van der Waals surface area contributed by atoms with Gasteiger partial charge in [-0.1, -0.05) is 213 Å². The van der Waals surface area contributed by atoms with E-state index >= 15 is 0 Å². The molecule has 0 aliphatic carbocycles. The molecule has 0 bridgehead atoms. The molecule has 3 aliphatic rings. The summed E-state index contributed by atoms with van der Waals surface area (Å²) in [4.78, 5) is 7.46. The first-order valence-corrected chi connectivity index (χ1v) is 31.2. The predicted molar refractivity (Wildman–Crippen MR) is 372 cm³/mol. The molecule has 11 aromatic rings. The van der Waals surface area contributed by atoms with Gasteiger partial charge in [-0.2, -0.15) is 5.26 Å². The third kappa shape index (κ3) is 9.19. The minimum absolute atomic E-state index is 0.00795. The molecular weight excluding hydrogens is 1050 g/mol. The van der Waals surface area contributed by atoms with Gasteiger partial charge >= 0.3 is 0 Å². The van der Waals surface area contributed by atoms with Crippen molar-refractivity contribution < 1.29 is 0 Å². The lowest BCUT2D eigenvalue weighted by Crippen LogP contribution is -2.62. The number of hydrogen-bond acceptors (Lipinski definition) is 4. The van der Waals surface area contributed by atoms with Crippen LogP contribution in [-0.4, -0.2) is 11.3 Å². The molecule has 0 saturated carbocycles. The minimum atomic E-state index is -0.194. The number of benzene rings is 10. The highest BCUT2D eigenvalue weighted by atomic mass is 15.2. The van der Waals surface area contributed by atoms with Crippen LogP contribution in [0.5, 0.6) is 0 Å². The van der Waals surface area contributed by atoms with E-state index in [2.05, 4.69) is 329 Å². The van der Waals surface area contributed by atoms with Gasteiger partial charge in [0.2, 0.25) is 0 Å². The standard InChI is InChI=1S/C81H78BN5/c1-77(2,3)55-27-34-60(35-28-55)84(61-36-29-56(30-37-61)78(4,5)6)63-38-39-66-69(48-63)85(62-32-25-54(26-33-62)53-23-21-52(22-24-53)51-19-17-16-18-20-51)70-41-50(49-83)42-71-74(70)82(66)67-45-59(81(13,14)15)47-73-76(67)87(71)72-46-58(80(10,11)12)44-65-64-43-57(79(7,8)9)31-40-68(64)86(73)75(65)72/h16-48H,1-15H3. The van der Waals surface area contributed by atoms with E-state index in [0.29, 0.717) is 5.56 Å². The predicted octanol–water partition coefficient (Wildman–Crippen LogP) is 20.3. The Labute approximate surface area is 516 Å². The monoisotopic (exact) mass is 1130 g/mol. The van der Waals surface area contributed by atoms with Crippen molar-refractivity contribution in [1.82, 2.24) is 4.57 Å². The zero-order chi connectivity index (χ0) is 61.0. The molecule has 6 heteroatoms. The zero-order valence-corrected chi connectivity index (χ0v) is 53.4. The summed E-state index contributed by atoms with van der Waals surface area (Å²) in [5.74, 6) is 0. The number of rotatable bonds is 6. The van der Waals surface area contributed by atoms with Crippen LogP contribution >= 0.6 is 0 Å². The van der Waals surface area contributed by atoms with Crippen LogP contribution in [0.4, 0.5) is 51.2 Å². The molecule has 0 saturated heterocycles. The zero-order valence-electron chi connectivity index (χ0n) is 53.4. The van der Waals surface area contributed by atoms with Gasteiger partial charge in [0.05, 0.1) is 39.7 Å². The first kappa shape index (κ1) is 55.8. The maximum atomic E-state index is 11.5. The molecule has 1 aromatic heterocycles. The summed E-state index contributed by atoms with van der Waals surface area (Å²) in [6, 6.07) is 78.3. The third-order valence-corrected chi connectivity index (χ3v) is 18.9. The first-order valence-electron chi connectivity index (χ1n) is 31.2. The average molecular weight is 1130 g/mol. The summed E-state index contributed by atoms with van der Waals surface area (Å²) in [6.45, 7) is 34.5. The molecule has 0 unspecified atom stereocenters. The number of fused-ring (bicyclic) bond motifs is 9. The van der Waals surface area contributed by atoms with Gasteiger partial charge in [0.25, 0.3) is 6.71 Å². The third-order valence-electron chi connectivity index (χ3n) is 18.9. The van der Waals surface area contributed by atoms with Crippen LogP contribution in [0.1, 0.15) is 137 Å². The molecule has 0 spiro atoms.